The molecule has 0 fully saturated rings. The predicted octanol–water partition coefficient (Wildman–Crippen LogP) is 0.926. The van der Waals surface area contributed by atoms with Crippen molar-refractivity contribution in [3.63, 3.8) is 0 Å². The van der Waals surface area contributed by atoms with Gasteiger partial charge in [0.05, 0.1) is 17.1 Å². The molecule has 1 atom stereocenters. The molecule has 0 spiro atoms. The van der Waals surface area contributed by atoms with Gasteiger partial charge in [-0.15, -0.1) is 12.4 Å². The van der Waals surface area contributed by atoms with E-state index in [1.807, 2.05) is 13.8 Å². The second-order valence-corrected chi connectivity index (χ2v) is 8.08. The lowest BCUT2D eigenvalue weighted by Crippen LogP contribution is -2.63. The number of carbonyl (C=O) groups is 2. The number of carbonyl (C=O) groups excluding carboxylic acids is 2. The average molecular weight is 373 g/mol. The quantitative estimate of drug-likeness (QED) is 0.433. The highest BCUT2D eigenvalue weighted by Crippen LogP contribution is 2.20. The van der Waals surface area contributed by atoms with Crippen LogP contribution < -0.4 is 11.5 Å². The summed E-state index contributed by atoms with van der Waals surface area (Å²) in [5.41, 5.74) is 8.54. The van der Waals surface area contributed by atoms with E-state index in [4.69, 9.17) is 16.2 Å². The summed E-state index contributed by atoms with van der Waals surface area (Å²) in [5, 5.41) is -0.642. The summed E-state index contributed by atoms with van der Waals surface area (Å²) in [7, 11) is -3.76. The molecule has 0 aromatic heterocycles. The van der Waals surface area contributed by atoms with E-state index in [2.05, 4.69) is 0 Å². The fourth-order valence-corrected chi connectivity index (χ4v) is 4.45. The Labute approximate surface area is 144 Å². The smallest absolute Gasteiger partial charge is 0.337 e. The molecule has 138 valence electrons. The van der Waals surface area contributed by atoms with Crippen molar-refractivity contribution in [2.24, 2.45) is 11.5 Å². The minimum atomic E-state index is -3.76. The minimum absolute atomic E-state index is 0. The van der Waals surface area contributed by atoms with Crippen LogP contribution in [-0.2, 0) is 24.2 Å². The van der Waals surface area contributed by atoms with Gasteiger partial charge in [0, 0.05) is 0 Å². The monoisotopic (exact) mass is 372 g/mol. The number of nitrogens with two attached hydrogens (primary N) is 2. The number of hydrogen-bond acceptors (Lipinski definition) is 6. The summed E-state index contributed by atoms with van der Waals surface area (Å²) < 4.78 is 29.9. The summed E-state index contributed by atoms with van der Waals surface area (Å²) in [5.74, 6) is -3.13. The molecular formula is C14H29ClN2O5S. The van der Waals surface area contributed by atoms with E-state index in [9.17, 15) is 18.0 Å². The molecular weight excluding hydrogens is 344 g/mol. The maximum Gasteiger partial charge on any atom is 0.337 e. The zero-order valence-corrected chi connectivity index (χ0v) is 15.8. The van der Waals surface area contributed by atoms with E-state index in [1.54, 1.807) is 13.8 Å². The van der Waals surface area contributed by atoms with Crippen molar-refractivity contribution in [3.8, 4) is 0 Å². The number of halogens is 1. The van der Waals surface area contributed by atoms with Crippen molar-refractivity contribution in [2.75, 3.05) is 5.75 Å². The normalized spacial score (nSPS) is 14.2. The topological polar surface area (TPSA) is 130 Å². The molecule has 1 amide bonds. The van der Waals surface area contributed by atoms with E-state index in [0.717, 1.165) is 0 Å². The first-order valence-electron chi connectivity index (χ1n) is 7.52. The van der Waals surface area contributed by atoms with Crippen LogP contribution in [0.25, 0.3) is 0 Å². The molecule has 0 aliphatic carbocycles. The standard InChI is InChI=1S/C14H28N2O5S.ClH/c1-5-7-11(8-6-2)22(19,20)9-14(16,12(15)17)13(18)21-10(3)4;/h10-11H,5-9,16H2,1-4H3,(H2,15,17);1H/t14-;/m1./s1. The van der Waals surface area contributed by atoms with Crippen LogP contribution in [0.2, 0.25) is 0 Å². The van der Waals surface area contributed by atoms with E-state index in [0.29, 0.717) is 25.7 Å². The Morgan fingerprint density at radius 3 is 1.87 bits per heavy atom. The van der Waals surface area contributed by atoms with Gasteiger partial charge in [-0.3, -0.25) is 4.79 Å². The second kappa shape index (κ2) is 10.1. The van der Waals surface area contributed by atoms with Crippen LogP contribution in [0, 0.1) is 0 Å². The molecule has 0 rings (SSSR count). The lowest BCUT2D eigenvalue weighted by molar-refractivity contribution is -0.156. The Bertz CT molecular complexity index is 489. The molecule has 0 radical (unpaired) electrons. The number of primary amides is 1. The molecule has 7 nitrogen and oxygen atoms in total. The van der Waals surface area contributed by atoms with Crippen LogP contribution in [0.4, 0.5) is 0 Å². The molecule has 23 heavy (non-hydrogen) atoms. The first-order valence-corrected chi connectivity index (χ1v) is 9.24. The molecule has 0 bridgehead atoms. The lowest BCUT2D eigenvalue weighted by Gasteiger charge is -2.27. The maximum absolute atomic E-state index is 12.5. The van der Waals surface area contributed by atoms with Crippen molar-refractivity contribution in [1.82, 2.24) is 0 Å². The van der Waals surface area contributed by atoms with Gasteiger partial charge in [-0.2, -0.15) is 0 Å². The highest BCUT2D eigenvalue weighted by atomic mass is 35.5. The van der Waals surface area contributed by atoms with Crippen LogP contribution in [0.3, 0.4) is 0 Å². The van der Waals surface area contributed by atoms with Gasteiger partial charge in [-0.1, -0.05) is 26.7 Å². The number of hydrogen-bond donors (Lipinski definition) is 2. The molecule has 0 saturated heterocycles. The van der Waals surface area contributed by atoms with Gasteiger partial charge in [0.25, 0.3) is 0 Å². The van der Waals surface area contributed by atoms with Gasteiger partial charge in [0.2, 0.25) is 11.4 Å². The molecule has 4 N–H and O–H groups in total. The third-order valence-corrected chi connectivity index (χ3v) is 5.65. The average Bonchev–Trinajstić information content (AvgIpc) is 2.36. The summed E-state index contributed by atoms with van der Waals surface area (Å²) >= 11 is 0. The van der Waals surface area contributed by atoms with Crippen molar-refractivity contribution >= 4 is 34.1 Å². The molecule has 0 heterocycles. The van der Waals surface area contributed by atoms with Crippen molar-refractivity contribution in [1.29, 1.82) is 0 Å². The Hall–Kier alpha value is -0.860. The van der Waals surface area contributed by atoms with E-state index >= 15 is 0 Å². The predicted molar refractivity (Wildman–Crippen MR) is 92.0 cm³/mol. The van der Waals surface area contributed by atoms with Crippen LogP contribution in [0.15, 0.2) is 0 Å². The highest BCUT2D eigenvalue weighted by Gasteiger charge is 2.47. The van der Waals surface area contributed by atoms with Crippen LogP contribution in [0.5, 0.6) is 0 Å². The van der Waals surface area contributed by atoms with Crippen LogP contribution >= 0.6 is 12.4 Å². The lowest BCUT2D eigenvalue weighted by atomic mass is 10.0. The molecule has 9 heteroatoms. The van der Waals surface area contributed by atoms with E-state index < -0.39 is 44.4 Å². The van der Waals surface area contributed by atoms with Gasteiger partial charge in [-0.25, -0.2) is 13.2 Å². The first-order chi connectivity index (χ1) is 10.0. The number of rotatable bonds is 10. The Morgan fingerprint density at radius 1 is 1.13 bits per heavy atom. The Balaban J connectivity index is 0. The Kier molecular flexibility index (Phi) is 10.7. The zero-order chi connectivity index (χ0) is 17.6. The summed E-state index contributed by atoms with van der Waals surface area (Å²) in [6.07, 6.45) is 1.72. The molecule has 0 aliphatic heterocycles. The number of esters is 1. The Morgan fingerprint density at radius 2 is 1.57 bits per heavy atom. The number of amides is 1. The molecule has 0 aliphatic rings. The summed E-state index contributed by atoms with van der Waals surface area (Å²) in [6.45, 7) is 6.89. The van der Waals surface area contributed by atoms with Gasteiger partial charge in [0.15, 0.2) is 9.84 Å². The van der Waals surface area contributed by atoms with Crippen molar-refractivity contribution in [2.45, 2.75) is 70.3 Å². The van der Waals surface area contributed by atoms with Crippen molar-refractivity contribution < 1.29 is 22.7 Å². The second-order valence-electron chi connectivity index (χ2n) is 5.80. The SMILES string of the molecule is CCCC(CCC)S(=O)(=O)C[C@@](N)(C(N)=O)C(=O)OC(C)C.Cl. The molecule has 0 aromatic rings. The van der Waals surface area contributed by atoms with Crippen LogP contribution in [0.1, 0.15) is 53.4 Å². The minimum Gasteiger partial charge on any atom is -0.461 e. The van der Waals surface area contributed by atoms with Gasteiger partial charge < -0.3 is 16.2 Å². The number of sulfone groups is 1. The largest absolute Gasteiger partial charge is 0.461 e. The highest BCUT2D eigenvalue weighted by molar-refractivity contribution is 7.92. The first kappa shape index (κ1) is 24.4. The van der Waals surface area contributed by atoms with Gasteiger partial charge in [0.1, 0.15) is 0 Å². The summed E-state index contributed by atoms with van der Waals surface area (Å²) in [4.78, 5) is 23.6. The third-order valence-electron chi connectivity index (χ3n) is 3.30. The van der Waals surface area contributed by atoms with E-state index in [1.165, 1.54) is 0 Å². The molecule has 0 saturated carbocycles. The molecule has 0 unspecified atom stereocenters. The fraction of sp³-hybridized carbons (Fsp3) is 0.857. The zero-order valence-electron chi connectivity index (χ0n) is 14.2. The maximum atomic E-state index is 12.5. The summed E-state index contributed by atoms with van der Waals surface area (Å²) in [6, 6.07) is 0. The fourth-order valence-electron chi connectivity index (χ4n) is 2.13. The van der Waals surface area contributed by atoms with Gasteiger partial charge >= 0.3 is 5.97 Å². The molecule has 0 aromatic carbocycles. The van der Waals surface area contributed by atoms with Crippen LogP contribution in [-0.4, -0.2) is 42.9 Å². The van der Waals surface area contributed by atoms with Gasteiger partial charge in [-0.05, 0) is 26.7 Å². The van der Waals surface area contributed by atoms with Crippen molar-refractivity contribution in [3.05, 3.63) is 0 Å². The van der Waals surface area contributed by atoms with E-state index in [-0.39, 0.29) is 12.4 Å². The number of ether oxygens (including phenoxy) is 1. The third kappa shape index (κ3) is 7.05.